The lowest BCUT2D eigenvalue weighted by atomic mass is 10.1. The molecule has 1 saturated carbocycles. The number of hydrogen-bond donors (Lipinski definition) is 1. The summed E-state index contributed by atoms with van der Waals surface area (Å²) < 4.78 is 11.0. The summed E-state index contributed by atoms with van der Waals surface area (Å²) in [6.45, 7) is 1.68. The zero-order valence-corrected chi connectivity index (χ0v) is 12.0. The highest BCUT2D eigenvalue weighted by Gasteiger charge is 2.25. The van der Waals surface area contributed by atoms with Gasteiger partial charge in [0.1, 0.15) is 13.2 Å². The van der Waals surface area contributed by atoms with Gasteiger partial charge < -0.3 is 14.8 Å². The summed E-state index contributed by atoms with van der Waals surface area (Å²) in [5.74, 6) is 1.58. The molecule has 1 fully saturated rings. The van der Waals surface area contributed by atoms with Crippen molar-refractivity contribution in [2.45, 2.75) is 24.6 Å². The Hall–Kier alpha value is -1.42. The van der Waals surface area contributed by atoms with Crippen molar-refractivity contribution in [1.82, 2.24) is 5.32 Å². The molecule has 1 aliphatic heterocycles. The zero-order chi connectivity index (χ0) is 13.9. The second kappa shape index (κ2) is 5.92. The Kier molecular flexibility index (Phi) is 4.01. The largest absolute Gasteiger partial charge is 0.486 e. The maximum atomic E-state index is 12.3. The van der Waals surface area contributed by atoms with Gasteiger partial charge in [0.05, 0.1) is 5.56 Å². The number of nitrogens with one attached hydrogen (secondary N) is 1. The van der Waals surface area contributed by atoms with Crippen LogP contribution >= 0.6 is 11.6 Å². The Morgan fingerprint density at radius 3 is 2.95 bits per heavy atom. The predicted molar refractivity (Wildman–Crippen MR) is 76.7 cm³/mol. The molecule has 0 radical (unpaired) electrons. The van der Waals surface area contributed by atoms with Crippen molar-refractivity contribution in [3.05, 3.63) is 23.8 Å². The second-order valence-corrected chi connectivity index (χ2v) is 5.93. The molecule has 1 aliphatic carbocycles. The molecular weight excluding hydrogens is 278 g/mol. The van der Waals surface area contributed by atoms with E-state index in [9.17, 15) is 4.79 Å². The molecule has 1 aromatic rings. The molecule has 3 rings (SSSR count). The van der Waals surface area contributed by atoms with Gasteiger partial charge in [0, 0.05) is 11.9 Å². The van der Waals surface area contributed by atoms with Gasteiger partial charge in [0.25, 0.3) is 5.91 Å². The number of fused-ring (bicyclic) bond motifs is 1. The molecule has 0 aromatic heterocycles. The SMILES string of the molecule is O=C(NCC1CCC(Cl)C1)c1cccc2c1OCCO2. The second-order valence-electron chi connectivity index (χ2n) is 5.32. The molecule has 1 N–H and O–H groups in total. The first kappa shape index (κ1) is 13.6. The lowest BCUT2D eigenvalue weighted by Gasteiger charge is -2.21. The monoisotopic (exact) mass is 295 g/mol. The predicted octanol–water partition coefficient (Wildman–Crippen LogP) is 2.60. The van der Waals surface area contributed by atoms with Crippen LogP contribution in [0.3, 0.4) is 0 Å². The van der Waals surface area contributed by atoms with E-state index in [0.29, 0.717) is 42.7 Å². The number of hydrogen-bond acceptors (Lipinski definition) is 3. The Balaban J connectivity index is 1.65. The van der Waals surface area contributed by atoms with E-state index in [2.05, 4.69) is 5.32 Å². The van der Waals surface area contributed by atoms with E-state index in [1.807, 2.05) is 12.1 Å². The summed E-state index contributed by atoms with van der Waals surface area (Å²) in [6, 6.07) is 5.40. The van der Waals surface area contributed by atoms with Gasteiger partial charge in [0.2, 0.25) is 0 Å². The number of halogens is 1. The van der Waals surface area contributed by atoms with Crippen molar-refractivity contribution >= 4 is 17.5 Å². The van der Waals surface area contributed by atoms with Gasteiger partial charge in [-0.05, 0) is 37.3 Å². The smallest absolute Gasteiger partial charge is 0.255 e. The van der Waals surface area contributed by atoms with E-state index in [1.54, 1.807) is 6.07 Å². The Labute approximate surface area is 123 Å². The number of benzene rings is 1. The average molecular weight is 296 g/mol. The summed E-state index contributed by atoms with van der Waals surface area (Å²) in [7, 11) is 0. The molecule has 2 aliphatic rings. The first-order valence-corrected chi connectivity index (χ1v) is 7.48. The van der Waals surface area contributed by atoms with Gasteiger partial charge in [-0.15, -0.1) is 11.6 Å². The molecule has 0 saturated heterocycles. The zero-order valence-electron chi connectivity index (χ0n) is 11.2. The lowest BCUT2D eigenvalue weighted by Crippen LogP contribution is -2.29. The fourth-order valence-electron chi connectivity index (χ4n) is 2.78. The van der Waals surface area contributed by atoms with E-state index in [1.165, 1.54) is 0 Å². The number of alkyl halides is 1. The van der Waals surface area contributed by atoms with E-state index < -0.39 is 0 Å². The van der Waals surface area contributed by atoms with Crippen LogP contribution < -0.4 is 14.8 Å². The minimum atomic E-state index is -0.106. The van der Waals surface area contributed by atoms with Gasteiger partial charge in [-0.25, -0.2) is 0 Å². The summed E-state index contributed by atoms with van der Waals surface area (Å²) in [5, 5.41) is 3.24. The highest BCUT2D eigenvalue weighted by atomic mass is 35.5. The van der Waals surface area contributed by atoms with Crippen LogP contribution in [0.15, 0.2) is 18.2 Å². The van der Waals surface area contributed by atoms with Crippen molar-refractivity contribution in [3.63, 3.8) is 0 Å². The van der Waals surface area contributed by atoms with Crippen LogP contribution in [0, 0.1) is 5.92 Å². The fourth-order valence-corrected chi connectivity index (χ4v) is 3.16. The van der Waals surface area contributed by atoms with Crippen LogP contribution in [0.25, 0.3) is 0 Å². The number of amides is 1. The van der Waals surface area contributed by atoms with E-state index in [0.717, 1.165) is 19.3 Å². The summed E-state index contributed by atoms with van der Waals surface area (Å²) in [6.07, 6.45) is 3.11. The van der Waals surface area contributed by atoms with Crippen molar-refractivity contribution in [1.29, 1.82) is 0 Å². The van der Waals surface area contributed by atoms with Crippen molar-refractivity contribution in [2.24, 2.45) is 5.92 Å². The van der Waals surface area contributed by atoms with E-state index >= 15 is 0 Å². The van der Waals surface area contributed by atoms with Crippen LogP contribution in [0.4, 0.5) is 0 Å². The standard InChI is InChI=1S/C15H18ClNO3/c16-11-5-4-10(8-11)9-17-15(18)12-2-1-3-13-14(12)20-7-6-19-13/h1-3,10-11H,4-9H2,(H,17,18). The molecule has 4 nitrogen and oxygen atoms in total. The Morgan fingerprint density at radius 1 is 1.30 bits per heavy atom. The van der Waals surface area contributed by atoms with Gasteiger partial charge in [-0.2, -0.15) is 0 Å². The highest BCUT2D eigenvalue weighted by Crippen LogP contribution is 2.34. The van der Waals surface area contributed by atoms with Crippen LogP contribution in [-0.4, -0.2) is 31.0 Å². The molecule has 2 atom stereocenters. The van der Waals surface area contributed by atoms with Gasteiger partial charge >= 0.3 is 0 Å². The van der Waals surface area contributed by atoms with Crippen molar-refractivity contribution in [3.8, 4) is 11.5 Å². The number of carbonyl (C=O) groups excluding carboxylic acids is 1. The normalized spacial score (nSPS) is 24.4. The topological polar surface area (TPSA) is 47.6 Å². The molecule has 0 bridgehead atoms. The molecule has 0 spiro atoms. The van der Waals surface area contributed by atoms with E-state index in [-0.39, 0.29) is 11.3 Å². The van der Waals surface area contributed by atoms with Gasteiger partial charge in [0.15, 0.2) is 11.5 Å². The van der Waals surface area contributed by atoms with Crippen LogP contribution in [-0.2, 0) is 0 Å². The molecule has 5 heteroatoms. The Morgan fingerprint density at radius 2 is 2.15 bits per heavy atom. The van der Waals surface area contributed by atoms with Crippen molar-refractivity contribution in [2.75, 3.05) is 19.8 Å². The minimum absolute atomic E-state index is 0.106. The molecule has 1 aromatic carbocycles. The number of carbonyl (C=O) groups is 1. The number of rotatable bonds is 3. The van der Waals surface area contributed by atoms with E-state index in [4.69, 9.17) is 21.1 Å². The molecule has 108 valence electrons. The van der Waals surface area contributed by atoms with Crippen molar-refractivity contribution < 1.29 is 14.3 Å². The lowest BCUT2D eigenvalue weighted by molar-refractivity contribution is 0.0936. The van der Waals surface area contributed by atoms with Gasteiger partial charge in [-0.3, -0.25) is 4.79 Å². The third-order valence-corrected chi connectivity index (χ3v) is 4.24. The number of para-hydroxylation sites is 1. The quantitative estimate of drug-likeness (QED) is 0.872. The van der Waals surface area contributed by atoms with Gasteiger partial charge in [-0.1, -0.05) is 6.07 Å². The average Bonchev–Trinajstić information content (AvgIpc) is 2.90. The first-order valence-electron chi connectivity index (χ1n) is 7.05. The minimum Gasteiger partial charge on any atom is -0.486 e. The maximum Gasteiger partial charge on any atom is 0.255 e. The summed E-state index contributed by atoms with van der Waals surface area (Å²) in [5.41, 5.74) is 0.544. The molecular formula is C15H18ClNO3. The third kappa shape index (κ3) is 2.85. The molecule has 20 heavy (non-hydrogen) atoms. The Bertz CT molecular complexity index is 506. The number of ether oxygens (including phenoxy) is 2. The van der Waals surface area contributed by atoms with Crippen LogP contribution in [0.2, 0.25) is 0 Å². The maximum absolute atomic E-state index is 12.3. The first-order chi connectivity index (χ1) is 9.74. The summed E-state index contributed by atoms with van der Waals surface area (Å²) >= 11 is 6.08. The third-order valence-electron chi connectivity index (χ3n) is 3.84. The summed E-state index contributed by atoms with van der Waals surface area (Å²) in [4.78, 5) is 12.3. The molecule has 2 unspecified atom stereocenters. The van der Waals surface area contributed by atoms with Crippen LogP contribution in [0.5, 0.6) is 11.5 Å². The fraction of sp³-hybridized carbons (Fsp3) is 0.533. The van der Waals surface area contributed by atoms with Crippen LogP contribution in [0.1, 0.15) is 29.6 Å². The molecule has 1 amide bonds. The highest BCUT2D eigenvalue weighted by molar-refractivity contribution is 6.20. The molecule has 1 heterocycles.